The summed E-state index contributed by atoms with van der Waals surface area (Å²) >= 11 is 10.0. The second-order valence-corrected chi connectivity index (χ2v) is 8.74. The molecule has 0 saturated carbocycles. The van der Waals surface area contributed by atoms with E-state index in [9.17, 15) is 4.79 Å². The van der Waals surface area contributed by atoms with Crippen molar-refractivity contribution in [2.24, 2.45) is 5.92 Å². The van der Waals surface area contributed by atoms with Crippen molar-refractivity contribution >= 4 is 40.9 Å². The molecule has 0 N–H and O–H groups in total. The first kappa shape index (κ1) is 16.7. The zero-order valence-electron chi connectivity index (χ0n) is 12.7. The van der Waals surface area contributed by atoms with Crippen LogP contribution in [0, 0.1) is 5.92 Å². The van der Waals surface area contributed by atoms with E-state index >= 15 is 0 Å². The van der Waals surface area contributed by atoms with Crippen LogP contribution in [0.1, 0.15) is 23.2 Å². The lowest BCUT2D eigenvalue weighted by Crippen LogP contribution is -2.46. The molecule has 2 aliphatic rings. The topological polar surface area (TPSA) is 20.3 Å². The minimum atomic E-state index is 0.146. The maximum absolute atomic E-state index is 12.7. The highest BCUT2D eigenvalue weighted by molar-refractivity contribution is 8.03. The van der Waals surface area contributed by atoms with Gasteiger partial charge in [0.1, 0.15) is 0 Å². The summed E-state index contributed by atoms with van der Waals surface area (Å²) < 4.78 is 0. The Kier molecular flexibility index (Phi) is 6.14. The molecule has 2 nitrogen and oxygen atoms in total. The van der Waals surface area contributed by atoms with E-state index < -0.39 is 0 Å². The van der Waals surface area contributed by atoms with E-state index in [1.807, 2.05) is 24.3 Å². The quantitative estimate of drug-likeness (QED) is 0.761. The lowest BCUT2D eigenvalue weighted by Gasteiger charge is -2.37. The fraction of sp³-hybridized carbons (Fsp3) is 0.588. The summed E-state index contributed by atoms with van der Waals surface area (Å²) in [6.07, 6.45) is 2.15. The predicted molar refractivity (Wildman–Crippen MR) is 98.5 cm³/mol. The number of Topliss-reactive ketones (excluding diaryl/α,β-unsaturated/α-hetero) is 1. The molecule has 1 aromatic rings. The van der Waals surface area contributed by atoms with E-state index in [0.29, 0.717) is 11.1 Å². The van der Waals surface area contributed by atoms with Crippen molar-refractivity contribution in [2.75, 3.05) is 36.1 Å². The predicted octanol–water partition coefficient (Wildman–Crippen LogP) is 4.08. The van der Waals surface area contributed by atoms with Crippen LogP contribution < -0.4 is 0 Å². The minimum absolute atomic E-state index is 0.146. The highest BCUT2D eigenvalue weighted by Gasteiger charge is 2.30. The molecular formula is C17H22ClNOS2. The van der Waals surface area contributed by atoms with E-state index in [2.05, 4.69) is 28.4 Å². The van der Waals surface area contributed by atoms with Gasteiger partial charge in [-0.2, -0.15) is 23.5 Å². The number of halogens is 1. The summed E-state index contributed by atoms with van der Waals surface area (Å²) in [5, 5.41) is 0.689. The highest BCUT2D eigenvalue weighted by Crippen LogP contribution is 2.27. The molecule has 1 atom stereocenters. The van der Waals surface area contributed by atoms with Gasteiger partial charge in [-0.3, -0.25) is 9.69 Å². The second kappa shape index (κ2) is 8.09. The molecule has 0 spiro atoms. The van der Waals surface area contributed by atoms with Gasteiger partial charge in [-0.25, -0.2) is 0 Å². The Bertz CT molecular complexity index is 500. The van der Waals surface area contributed by atoms with Gasteiger partial charge in [0.2, 0.25) is 0 Å². The number of nitrogens with zero attached hydrogens (tertiary/aromatic N) is 1. The molecule has 2 fully saturated rings. The third-order valence-electron chi connectivity index (χ3n) is 4.46. The average Bonchev–Trinajstić information content (AvgIpc) is 2.84. The minimum Gasteiger partial charge on any atom is -0.298 e. The fourth-order valence-electron chi connectivity index (χ4n) is 3.22. The number of ketones is 1. The van der Waals surface area contributed by atoms with E-state index in [4.69, 9.17) is 11.6 Å². The van der Waals surface area contributed by atoms with Crippen molar-refractivity contribution in [3.05, 3.63) is 34.9 Å². The normalized spacial score (nSPS) is 24.9. The summed E-state index contributed by atoms with van der Waals surface area (Å²) in [5.74, 6) is 5.40. The van der Waals surface area contributed by atoms with Gasteiger partial charge in [0.15, 0.2) is 5.78 Å². The number of likely N-dealkylation sites (tertiary alicyclic amines) is 1. The molecule has 2 heterocycles. The molecule has 0 aliphatic carbocycles. The van der Waals surface area contributed by atoms with Crippen LogP contribution in [0.25, 0.3) is 0 Å². The number of thioether (sulfide) groups is 2. The SMILES string of the molecule is O=C(c1ccc(Cl)cc1)[C@H]1CCCN(C2CSCCSC2)C1. The molecule has 120 valence electrons. The van der Waals surface area contributed by atoms with Gasteiger partial charge in [-0.15, -0.1) is 0 Å². The molecular weight excluding hydrogens is 334 g/mol. The first-order chi connectivity index (χ1) is 10.7. The van der Waals surface area contributed by atoms with Crippen molar-refractivity contribution in [1.82, 2.24) is 4.90 Å². The second-order valence-electron chi connectivity index (χ2n) is 6.01. The molecule has 0 amide bonds. The van der Waals surface area contributed by atoms with Crippen molar-refractivity contribution < 1.29 is 4.79 Å². The van der Waals surface area contributed by atoms with E-state index in [-0.39, 0.29) is 11.7 Å². The molecule has 0 aromatic heterocycles. The van der Waals surface area contributed by atoms with Crippen molar-refractivity contribution in [3.63, 3.8) is 0 Å². The maximum atomic E-state index is 12.7. The van der Waals surface area contributed by atoms with Crippen LogP contribution in [0.15, 0.2) is 24.3 Å². The Balaban J connectivity index is 1.64. The molecule has 0 bridgehead atoms. The standard InChI is InChI=1S/C17H22ClNOS2/c18-15-5-3-13(4-6-15)17(20)14-2-1-7-19(10-14)16-11-21-8-9-22-12-16/h3-6,14,16H,1-2,7-12H2/t14-/m0/s1. The van der Waals surface area contributed by atoms with Crippen LogP contribution in [0.3, 0.4) is 0 Å². The summed E-state index contributed by atoms with van der Waals surface area (Å²) in [7, 11) is 0. The number of hydrogen-bond donors (Lipinski definition) is 0. The highest BCUT2D eigenvalue weighted by atomic mass is 35.5. The van der Waals surface area contributed by atoms with Gasteiger partial charge in [0.05, 0.1) is 0 Å². The molecule has 1 aromatic carbocycles. The van der Waals surface area contributed by atoms with Crippen LogP contribution in [-0.4, -0.2) is 52.8 Å². The summed E-state index contributed by atoms with van der Waals surface area (Å²) in [6, 6.07) is 7.99. The average molecular weight is 356 g/mol. The van der Waals surface area contributed by atoms with Gasteiger partial charge in [-0.1, -0.05) is 11.6 Å². The Labute approximate surface area is 146 Å². The van der Waals surface area contributed by atoms with Crippen LogP contribution >= 0.6 is 35.1 Å². The molecule has 0 unspecified atom stereocenters. The number of piperidine rings is 1. The molecule has 0 radical (unpaired) electrons. The Morgan fingerprint density at radius 3 is 2.50 bits per heavy atom. The molecule has 3 rings (SSSR count). The van der Waals surface area contributed by atoms with E-state index in [1.54, 1.807) is 0 Å². The number of carbonyl (C=O) groups is 1. The largest absolute Gasteiger partial charge is 0.298 e. The van der Waals surface area contributed by atoms with E-state index in [1.165, 1.54) is 23.0 Å². The number of hydrogen-bond acceptors (Lipinski definition) is 4. The van der Waals surface area contributed by atoms with Crippen molar-refractivity contribution in [3.8, 4) is 0 Å². The monoisotopic (exact) mass is 355 g/mol. The zero-order valence-corrected chi connectivity index (χ0v) is 15.1. The summed E-state index contributed by atoms with van der Waals surface area (Å²) in [4.78, 5) is 15.3. The third kappa shape index (κ3) is 4.22. The zero-order chi connectivity index (χ0) is 15.4. The smallest absolute Gasteiger partial charge is 0.167 e. The van der Waals surface area contributed by atoms with Crippen LogP contribution in [-0.2, 0) is 0 Å². The Morgan fingerprint density at radius 2 is 1.82 bits per heavy atom. The van der Waals surface area contributed by atoms with Gasteiger partial charge < -0.3 is 0 Å². The first-order valence-electron chi connectivity index (χ1n) is 7.93. The van der Waals surface area contributed by atoms with Crippen LogP contribution in [0.4, 0.5) is 0 Å². The summed E-state index contributed by atoms with van der Waals surface area (Å²) in [5.41, 5.74) is 0.806. The van der Waals surface area contributed by atoms with Crippen molar-refractivity contribution in [1.29, 1.82) is 0 Å². The third-order valence-corrected chi connectivity index (χ3v) is 7.20. The number of carbonyl (C=O) groups excluding carboxylic acids is 1. The maximum Gasteiger partial charge on any atom is 0.167 e. The van der Waals surface area contributed by atoms with E-state index in [0.717, 1.165) is 31.5 Å². The number of benzene rings is 1. The summed E-state index contributed by atoms with van der Waals surface area (Å²) in [6.45, 7) is 2.07. The number of rotatable bonds is 3. The van der Waals surface area contributed by atoms with Gasteiger partial charge >= 0.3 is 0 Å². The Hall–Kier alpha value is -0.160. The van der Waals surface area contributed by atoms with Gasteiger partial charge in [0.25, 0.3) is 0 Å². The lowest BCUT2D eigenvalue weighted by atomic mass is 9.89. The van der Waals surface area contributed by atoms with Crippen LogP contribution in [0.2, 0.25) is 5.02 Å². The van der Waals surface area contributed by atoms with Crippen LogP contribution in [0.5, 0.6) is 0 Å². The van der Waals surface area contributed by atoms with Crippen molar-refractivity contribution in [2.45, 2.75) is 18.9 Å². The first-order valence-corrected chi connectivity index (χ1v) is 10.6. The molecule has 5 heteroatoms. The van der Waals surface area contributed by atoms with Gasteiger partial charge in [-0.05, 0) is 43.7 Å². The molecule has 22 heavy (non-hydrogen) atoms. The van der Waals surface area contributed by atoms with Gasteiger partial charge in [0, 0.05) is 52.1 Å². The molecule has 2 saturated heterocycles. The molecule has 2 aliphatic heterocycles. The lowest BCUT2D eigenvalue weighted by molar-refractivity contribution is 0.0787. The Morgan fingerprint density at radius 1 is 1.14 bits per heavy atom. The fourth-order valence-corrected chi connectivity index (χ4v) is 5.97.